The van der Waals surface area contributed by atoms with E-state index in [-0.39, 0.29) is 42.6 Å². The Kier molecular flexibility index (Phi) is 6.92. The SMILES string of the molecule is COc1ccc(OCC(O)Cn2c(N=NCc3ccccc3O)nc3c2c(=O)[nH]c(=O)n3C)cc1. The number of aromatic amines is 1. The minimum absolute atomic E-state index is 0.0191. The number of aliphatic hydroxyl groups is 1. The molecular formula is C23H24N6O6. The van der Waals surface area contributed by atoms with Crippen molar-refractivity contribution in [1.82, 2.24) is 19.1 Å². The molecule has 0 aliphatic rings. The molecule has 2 heterocycles. The number of hydrogen-bond donors (Lipinski definition) is 3. The van der Waals surface area contributed by atoms with Gasteiger partial charge in [0.2, 0.25) is 0 Å². The Bertz CT molecular complexity index is 1470. The lowest BCUT2D eigenvalue weighted by molar-refractivity contribution is 0.0937. The summed E-state index contributed by atoms with van der Waals surface area (Å²) < 4.78 is 13.3. The summed E-state index contributed by atoms with van der Waals surface area (Å²) in [6.45, 7) is -0.114. The van der Waals surface area contributed by atoms with E-state index in [9.17, 15) is 19.8 Å². The minimum atomic E-state index is -1.04. The molecule has 0 aliphatic heterocycles. The van der Waals surface area contributed by atoms with Crippen LogP contribution in [0.1, 0.15) is 5.56 Å². The van der Waals surface area contributed by atoms with E-state index in [1.165, 1.54) is 22.2 Å². The smallest absolute Gasteiger partial charge is 0.329 e. The van der Waals surface area contributed by atoms with Crippen molar-refractivity contribution in [3.8, 4) is 17.2 Å². The molecule has 4 aromatic rings. The number of methoxy groups -OCH3 is 1. The van der Waals surface area contributed by atoms with Gasteiger partial charge >= 0.3 is 5.69 Å². The van der Waals surface area contributed by atoms with Gasteiger partial charge in [-0.2, -0.15) is 10.1 Å². The molecule has 12 heteroatoms. The van der Waals surface area contributed by atoms with E-state index < -0.39 is 17.4 Å². The molecule has 1 unspecified atom stereocenters. The molecule has 1 atom stereocenters. The molecule has 0 amide bonds. The molecule has 0 bridgehead atoms. The molecule has 182 valence electrons. The fourth-order valence-corrected chi connectivity index (χ4v) is 3.42. The molecule has 4 rings (SSSR count). The highest BCUT2D eigenvalue weighted by Gasteiger charge is 2.20. The van der Waals surface area contributed by atoms with E-state index in [4.69, 9.17) is 9.47 Å². The summed E-state index contributed by atoms with van der Waals surface area (Å²) in [4.78, 5) is 31.1. The molecule has 0 fully saturated rings. The molecule has 0 saturated heterocycles. The number of phenolic OH excluding ortho intramolecular Hbond substituents is 1. The average molecular weight is 480 g/mol. The maximum absolute atomic E-state index is 12.6. The Hall–Kier alpha value is -4.45. The van der Waals surface area contributed by atoms with Crippen molar-refractivity contribution in [3.05, 3.63) is 74.9 Å². The van der Waals surface area contributed by atoms with Crippen LogP contribution < -0.4 is 20.7 Å². The summed E-state index contributed by atoms with van der Waals surface area (Å²) in [7, 11) is 3.02. The number of imidazole rings is 1. The van der Waals surface area contributed by atoms with Gasteiger partial charge in [0.15, 0.2) is 11.2 Å². The van der Waals surface area contributed by atoms with Crippen LogP contribution in [-0.2, 0) is 20.1 Å². The van der Waals surface area contributed by atoms with Crippen LogP contribution in [-0.4, -0.2) is 49.1 Å². The number of azo groups is 1. The summed E-state index contributed by atoms with van der Waals surface area (Å²) in [5.74, 6) is 1.30. The zero-order valence-corrected chi connectivity index (χ0v) is 19.1. The predicted molar refractivity (Wildman–Crippen MR) is 126 cm³/mol. The monoisotopic (exact) mass is 480 g/mol. The number of hydrogen-bond acceptors (Lipinski definition) is 9. The summed E-state index contributed by atoms with van der Waals surface area (Å²) in [6, 6.07) is 13.6. The molecule has 3 N–H and O–H groups in total. The van der Waals surface area contributed by atoms with Crippen LogP contribution in [0.15, 0.2) is 68.3 Å². The molecule has 0 spiro atoms. The Labute approximate surface area is 198 Å². The Morgan fingerprint density at radius 2 is 1.83 bits per heavy atom. The third kappa shape index (κ3) is 5.22. The van der Waals surface area contributed by atoms with Crippen molar-refractivity contribution in [3.63, 3.8) is 0 Å². The van der Waals surface area contributed by atoms with Crippen LogP contribution in [0.3, 0.4) is 0 Å². The number of H-pyrrole nitrogens is 1. The third-order valence-electron chi connectivity index (χ3n) is 5.27. The molecular weight excluding hydrogens is 456 g/mol. The molecule has 2 aromatic carbocycles. The van der Waals surface area contributed by atoms with Crippen molar-refractivity contribution in [1.29, 1.82) is 0 Å². The van der Waals surface area contributed by atoms with E-state index in [1.807, 2.05) is 0 Å². The lowest BCUT2D eigenvalue weighted by Crippen LogP contribution is -2.30. The van der Waals surface area contributed by atoms with Crippen molar-refractivity contribution in [2.24, 2.45) is 17.3 Å². The van der Waals surface area contributed by atoms with Crippen molar-refractivity contribution in [2.45, 2.75) is 19.2 Å². The zero-order chi connectivity index (χ0) is 24.9. The standard InChI is InChI=1S/C23H24N6O6/c1-28-20-19(21(32)26-23(28)33)29(12-15(30)13-35-17-9-7-16(34-2)8-10-17)22(25-20)27-24-11-14-5-3-4-6-18(14)31/h3-10,15,30-31H,11-13H2,1-2H3,(H,26,32,33). The summed E-state index contributed by atoms with van der Waals surface area (Å²) in [5.41, 5.74) is -0.586. The van der Waals surface area contributed by atoms with Gasteiger partial charge in [0.1, 0.15) is 30.0 Å². The number of aryl methyl sites for hydroxylation is 1. The second-order valence-electron chi connectivity index (χ2n) is 7.68. The number of nitrogens with zero attached hydrogens (tertiary/aromatic N) is 5. The number of para-hydroxylation sites is 1. The number of aromatic hydroxyl groups is 1. The van der Waals surface area contributed by atoms with E-state index in [1.54, 1.807) is 49.6 Å². The molecule has 12 nitrogen and oxygen atoms in total. The van der Waals surface area contributed by atoms with Gasteiger partial charge in [0.05, 0.1) is 20.2 Å². The van der Waals surface area contributed by atoms with Gasteiger partial charge in [0.25, 0.3) is 11.5 Å². The molecule has 0 saturated carbocycles. The summed E-state index contributed by atoms with van der Waals surface area (Å²) >= 11 is 0. The normalized spacial score (nSPS) is 12.3. The van der Waals surface area contributed by atoms with Crippen molar-refractivity contribution >= 4 is 17.1 Å². The first-order chi connectivity index (χ1) is 16.9. The van der Waals surface area contributed by atoms with E-state index >= 15 is 0 Å². The molecule has 2 aromatic heterocycles. The summed E-state index contributed by atoms with van der Waals surface area (Å²) in [6.07, 6.45) is -1.04. The van der Waals surface area contributed by atoms with Gasteiger partial charge in [0, 0.05) is 12.6 Å². The fourth-order valence-electron chi connectivity index (χ4n) is 3.42. The Morgan fingerprint density at radius 1 is 1.11 bits per heavy atom. The lowest BCUT2D eigenvalue weighted by Gasteiger charge is -2.14. The molecule has 0 aliphatic carbocycles. The topological polar surface area (TPSA) is 156 Å². The van der Waals surface area contributed by atoms with Crippen molar-refractivity contribution < 1.29 is 19.7 Å². The average Bonchev–Trinajstić information content (AvgIpc) is 3.21. The number of benzene rings is 2. The highest BCUT2D eigenvalue weighted by molar-refractivity contribution is 5.73. The van der Waals surface area contributed by atoms with Crippen molar-refractivity contribution in [2.75, 3.05) is 13.7 Å². The van der Waals surface area contributed by atoms with Crippen LogP contribution in [0, 0.1) is 0 Å². The molecule has 35 heavy (non-hydrogen) atoms. The fraction of sp³-hybridized carbons (Fsp3) is 0.261. The first-order valence-corrected chi connectivity index (χ1v) is 10.7. The second kappa shape index (κ2) is 10.2. The van der Waals surface area contributed by atoms with Gasteiger partial charge in [-0.1, -0.05) is 18.2 Å². The van der Waals surface area contributed by atoms with Gasteiger partial charge in [-0.05, 0) is 30.3 Å². The Morgan fingerprint density at radius 3 is 2.54 bits per heavy atom. The van der Waals surface area contributed by atoms with Crippen LogP contribution in [0.2, 0.25) is 0 Å². The zero-order valence-electron chi connectivity index (χ0n) is 19.1. The van der Waals surface area contributed by atoms with Gasteiger partial charge < -0.3 is 19.7 Å². The Balaban J connectivity index is 1.60. The van der Waals surface area contributed by atoms with Crippen LogP contribution in [0.4, 0.5) is 5.95 Å². The molecule has 0 radical (unpaired) electrons. The number of aromatic nitrogens is 4. The maximum atomic E-state index is 12.6. The highest BCUT2D eigenvalue weighted by Crippen LogP contribution is 2.22. The number of rotatable bonds is 9. The number of aliphatic hydroxyl groups excluding tert-OH is 1. The van der Waals surface area contributed by atoms with Gasteiger partial charge in [-0.15, -0.1) is 5.11 Å². The largest absolute Gasteiger partial charge is 0.508 e. The van der Waals surface area contributed by atoms with Crippen LogP contribution >= 0.6 is 0 Å². The van der Waals surface area contributed by atoms with E-state index in [2.05, 4.69) is 20.2 Å². The minimum Gasteiger partial charge on any atom is -0.508 e. The predicted octanol–water partition coefficient (Wildman–Crippen LogP) is 1.86. The third-order valence-corrected chi connectivity index (χ3v) is 5.27. The van der Waals surface area contributed by atoms with E-state index in [0.29, 0.717) is 17.1 Å². The van der Waals surface area contributed by atoms with E-state index in [0.717, 1.165) is 0 Å². The lowest BCUT2D eigenvalue weighted by atomic mass is 10.2. The van der Waals surface area contributed by atoms with Crippen LogP contribution in [0.25, 0.3) is 11.2 Å². The first-order valence-electron chi connectivity index (χ1n) is 10.7. The quantitative estimate of drug-likeness (QED) is 0.309. The second-order valence-corrected chi connectivity index (χ2v) is 7.68. The number of nitrogens with one attached hydrogen (secondary N) is 1. The maximum Gasteiger partial charge on any atom is 0.329 e. The van der Waals surface area contributed by atoms with Gasteiger partial charge in [-0.3, -0.25) is 18.9 Å². The number of fused-ring (bicyclic) bond motifs is 1. The first kappa shape index (κ1) is 23.7. The van der Waals surface area contributed by atoms with Gasteiger partial charge in [-0.25, -0.2) is 4.79 Å². The van der Waals surface area contributed by atoms with Crippen LogP contribution in [0.5, 0.6) is 17.2 Å². The number of ether oxygens (including phenoxy) is 2. The number of phenols is 1. The summed E-state index contributed by atoms with van der Waals surface area (Å²) in [5, 5.41) is 28.8. The highest BCUT2D eigenvalue weighted by atomic mass is 16.5.